The highest BCUT2D eigenvalue weighted by Gasteiger charge is 2.20. The Morgan fingerprint density at radius 1 is 1.25 bits per heavy atom. The molecular weight excluding hydrogens is 198 g/mol. The van der Waals surface area contributed by atoms with Crippen LogP contribution in [0, 0.1) is 0 Å². The Bertz CT molecular complexity index is 433. The van der Waals surface area contributed by atoms with Crippen molar-refractivity contribution < 1.29 is 0 Å². The first kappa shape index (κ1) is 9.70. The fraction of sp³-hybridized carbons (Fsp3) is 0.462. The van der Waals surface area contributed by atoms with Crippen LogP contribution in [0.25, 0.3) is 0 Å². The van der Waals surface area contributed by atoms with Crippen molar-refractivity contribution in [1.82, 2.24) is 0 Å². The molecule has 0 radical (unpaired) electrons. The minimum atomic E-state index is 0.474. The first-order valence-electron chi connectivity index (χ1n) is 6.03. The summed E-state index contributed by atoms with van der Waals surface area (Å²) in [7, 11) is 0. The Labute approximate surface area is 95.8 Å². The van der Waals surface area contributed by atoms with Crippen molar-refractivity contribution in [2.45, 2.75) is 38.1 Å². The summed E-state index contributed by atoms with van der Waals surface area (Å²) >= 11 is 0. The van der Waals surface area contributed by atoms with E-state index < -0.39 is 0 Å². The third kappa shape index (κ3) is 2.03. The van der Waals surface area contributed by atoms with Gasteiger partial charge in [-0.25, -0.2) is 4.99 Å². The van der Waals surface area contributed by atoms with Gasteiger partial charge in [-0.2, -0.15) is 0 Å². The van der Waals surface area contributed by atoms with E-state index in [0.717, 1.165) is 5.69 Å². The van der Waals surface area contributed by atoms with Gasteiger partial charge in [-0.1, -0.05) is 6.07 Å². The topological polar surface area (TPSA) is 50.4 Å². The van der Waals surface area contributed by atoms with Crippen molar-refractivity contribution in [2.24, 2.45) is 10.7 Å². The smallest absolute Gasteiger partial charge is 0.193 e. The molecule has 3 rings (SSSR count). The molecule has 84 valence electrons. The lowest BCUT2D eigenvalue weighted by Gasteiger charge is -2.07. The van der Waals surface area contributed by atoms with Crippen LogP contribution in [0.2, 0.25) is 0 Å². The quantitative estimate of drug-likeness (QED) is 0.586. The lowest BCUT2D eigenvalue weighted by molar-refractivity contribution is 0.912. The molecule has 1 aromatic rings. The molecule has 2 aliphatic carbocycles. The first-order valence-corrected chi connectivity index (χ1v) is 6.03. The molecule has 0 amide bonds. The highest BCUT2D eigenvalue weighted by atomic mass is 15.1. The number of benzene rings is 1. The molecule has 0 aromatic heterocycles. The second-order valence-electron chi connectivity index (χ2n) is 4.71. The molecule has 1 saturated carbocycles. The van der Waals surface area contributed by atoms with E-state index >= 15 is 0 Å². The normalized spacial score (nSPS) is 19.6. The number of fused-ring (bicyclic) bond motifs is 1. The second-order valence-corrected chi connectivity index (χ2v) is 4.71. The van der Waals surface area contributed by atoms with E-state index in [2.05, 4.69) is 28.5 Å². The predicted molar refractivity (Wildman–Crippen MR) is 66.7 cm³/mol. The molecule has 3 heteroatoms. The third-order valence-electron chi connectivity index (χ3n) is 3.24. The molecule has 0 spiro atoms. The molecule has 1 fully saturated rings. The number of guanidine groups is 1. The van der Waals surface area contributed by atoms with Gasteiger partial charge in [0.1, 0.15) is 0 Å². The SMILES string of the molecule is NC(=NC1CC1)Nc1ccc2c(c1)CCC2. The number of hydrogen-bond donors (Lipinski definition) is 2. The Hall–Kier alpha value is -1.51. The minimum absolute atomic E-state index is 0.474. The Morgan fingerprint density at radius 3 is 2.88 bits per heavy atom. The standard InChI is InChI=1S/C13H17N3/c14-13(15-11-6-7-11)16-12-5-4-9-2-1-3-10(9)8-12/h4-5,8,11H,1-3,6-7H2,(H3,14,15,16). The van der Waals surface area contributed by atoms with Crippen LogP contribution in [0.15, 0.2) is 23.2 Å². The number of aliphatic imine (C=N–C) groups is 1. The fourth-order valence-corrected chi connectivity index (χ4v) is 2.23. The maximum absolute atomic E-state index is 5.83. The number of nitrogens with one attached hydrogen (secondary N) is 1. The maximum atomic E-state index is 5.83. The summed E-state index contributed by atoms with van der Waals surface area (Å²) in [5.41, 5.74) is 9.85. The molecule has 2 aliphatic rings. The van der Waals surface area contributed by atoms with Crippen molar-refractivity contribution in [3.8, 4) is 0 Å². The van der Waals surface area contributed by atoms with E-state index in [0.29, 0.717) is 12.0 Å². The first-order chi connectivity index (χ1) is 7.81. The molecule has 3 nitrogen and oxygen atoms in total. The van der Waals surface area contributed by atoms with Crippen LogP contribution in [0.5, 0.6) is 0 Å². The lowest BCUT2D eigenvalue weighted by atomic mass is 10.1. The molecule has 3 N–H and O–H groups in total. The monoisotopic (exact) mass is 215 g/mol. The Kier molecular flexibility index (Phi) is 2.31. The van der Waals surface area contributed by atoms with Crippen LogP contribution in [0.1, 0.15) is 30.4 Å². The van der Waals surface area contributed by atoms with Crippen LogP contribution in [-0.4, -0.2) is 12.0 Å². The van der Waals surface area contributed by atoms with Crippen molar-refractivity contribution in [3.05, 3.63) is 29.3 Å². The number of anilines is 1. The summed E-state index contributed by atoms with van der Waals surface area (Å²) in [6, 6.07) is 6.98. The zero-order chi connectivity index (χ0) is 11.0. The van der Waals surface area contributed by atoms with Gasteiger partial charge in [0.05, 0.1) is 6.04 Å². The minimum Gasteiger partial charge on any atom is -0.370 e. The van der Waals surface area contributed by atoms with E-state index in [9.17, 15) is 0 Å². The van der Waals surface area contributed by atoms with Gasteiger partial charge in [-0.05, 0) is 55.4 Å². The summed E-state index contributed by atoms with van der Waals surface area (Å²) in [5.74, 6) is 0.556. The molecule has 0 unspecified atom stereocenters. The second kappa shape index (κ2) is 3.81. The van der Waals surface area contributed by atoms with E-state index in [1.807, 2.05) is 0 Å². The average Bonchev–Trinajstić information content (AvgIpc) is 2.95. The maximum Gasteiger partial charge on any atom is 0.193 e. The lowest BCUT2D eigenvalue weighted by Crippen LogP contribution is -2.23. The largest absolute Gasteiger partial charge is 0.370 e. The van der Waals surface area contributed by atoms with Gasteiger partial charge in [0.2, 0.25) is 0 Å². The van der Waals surface area contributed by atoms with Crippen LogP contribution < -0.4 is 11.1 Å². The summed E-state index contributed by atoms with van der Waals surface area (Å²) in [4.78, 5) is 4.36. The summed E-state index contributed by atoms with van der Waals surface area (Å²) in [6.45, 7) is 0. The number of hydrogen-bond acceptors (Lipinski definition) is 1. The number of nitrogens with two attached hydrogens (primary N) is 1. The zero-order valence-corrected chi connectivity index (χ0v) is 9.37. The number of aryl methyl sites for hydroxylation is 2. The van der Waals surface area contributed by atoms with Gasteiger partial charge < -0.3 is 11.1 Å². The van der Waals surface area contributed by atoms with E-state index in [1.165, 1.54) is 43.2 Å². The molecule has 1 aromatic carbocycles. The Balaban J connectivity index is 1.74. The predicted octanol–water partition coefficient (Wildman–Crippen LogP) is 2.06. The van der Waals surface area contributed by atoms with Crippen molar-refractivity contribution >= 4 is 11.6 Å². The summed E-state index contributed by atoms with van der Waals surface area (Å²) < 4.78 is 0. The van der Waals surface area contributed by atoms with Gasteiger partial charge in [-0.15, -0.1) is 0 Å². The molecular formula is C13H17N3. The summed E-state index contributed by atoms with van der Waals surface area (Å²) in [5, 5.41) is 3.17. The number of rotatable bonds is 2. The molecule has 0 atom stereocenters. The molecule has 0 bridgehead atoms. The van der Waals surface area contributed by atoms with Gasteiger partial charge in [-0.3, -0.25) is 0 Å². The van der Waals surface area contributed by atoms with Crippen LogP contribution in [0.3, 0.4) is 0 Å². The van der Waals surface area contributed by atoms with E-state index in [-0.39, 0.29) is 0 Å². The highest BCUT2D eigenvalue weighted by Crippen LogP contribution is 2.25. The number of nitrogens with zero attached hydrogens (tertiary/aromatic N) is 1. The van der Waals surface area contributed by atoms with Gasteiger partial charge in [0.25, 0.3) is 0 Å². The molecule has 0 saturated heterocycles. The molecule has 0 heterocycles. The molecule has 0 aliphatic heterocycles. The van der Waals surface area contributed by atoms with Crippen molar-refractivity contribution in [3.63, 3.8) is 0 Å². The van der Waals surface area contributed by atoms with Crippen LogP contribution in [0.4, 0.5) is 5.69 Å². The highest BCUT2D eigenvalue weighted by molar-refractivity contribution is 5.92. The third-order valence-corrected chi connectivity index (χ3v) is 3.24. The van der Waals surface area contributed by atoms with Crippen LogP contribution in [-0.2, 0) is 12.8 Å². The van der Waals surface area contributed by atoms with Crippen molar-refractivity contribution in [2.75, 3.05) is 5.32 Å². The zero-order valence-electron chi connectivity index (χ0n) is 9.37. The molecule has 16 heavy (non-hydrogen) atoms. The van der Waals surface area contributed by atoms with Crippen molar-refractivity contribution in [1.29, 1.82) is 0 Å². The van der Waals surface area contributed by atoms with E-state index in [1.54, 1.807) is 0 Å². The van der Waals surface area contributed by atoms with Gasteiger partial charge in [0, 0.05) is 5.69 Å². The fourth-order valence-electron chi connectivity index (χ4n) is 2.23. The van der Waals surface area contributed by atoms with Gasteiger partial charge >= 0.3 is 0 Å². The van der Waals surface area contributed by atoms with E-state index in [4.69, 9.17) is 5.73 Å². The van der Waals surface area contributed by atoms with Gasteiger partial charge in [0.15, 0.2) is 5.96 Å². The average molecular weight is 215 g/mol. The van der Waals surface area contributed by atoms with Crippen LogP contribution >= 0.6 is 0 Å². The Morgan fingerprint density at radius 2 is 2.06 bits per heavy atom. The summed E-state index contributed by atoms with van der Waals surface area (Å²) in [6.07, 6.45) is 6.08.